The third-order valence-corrected chi connectivity index (χ3v) is 3.07. The molecule has 0 fully saturated rings. The Bertz CT molecular complexity index is 495. The lowest BCUT2D eigenvalue weighted by Crippen LogP contribution is -2.17. The fourth-order valence-electron chi connectivity index (χ4n) is 1.94. The summed E-state index contributed by atoms with van der Waals surface area (Å²) in [6, 6.07) is 2.02. The molecule has 2 aromatic heterocycles. The van der Waals surface area contributed by atoms with E-state index in [-0.39, 0.29) is 0 Å². The van der Waals surface area contributed by atoms with Gasteiger partial charge in [-0.25, -0.2) is 4.98 Å². The summed E-state index contributed by atoms with van der Waals surface area (Å²) in [6.07, 6.45) is 1.73. The summed E-state index contributed by atoms with van der Waals surface area (Å²) >= 11 is 0. The molecule has 0 aliphatic carbocycles. The highest BCUT2D eigenvalue weighted by atomic mass is 16.5. The Morgan fingerprint density at radius 2 is 1.80 bits per heavy atom. The van der Waals surface area contributed by atoms with Gasteiger partial charge in [0.05, 0.1) is 11.4 Å². The van der Waals surface area contributed by atoms with E-state index < -0.39 is 0 Å². The van der Waals surface area contributed by atoms with Crippen molar-refractivity contribution in [2.75, 3.05) is 7.05 Å². The number of oxazole rings is 1. The van der Waals surface area contributed by atoms with Gasteiger partial charge < -0.3 is 8.94 Å². The Labute approximate surface area is 120 Å². The minimum Gasteiger partial charge on any atom is -0.448 e. The summed E-state index contributed by atoms with van der Waals surface area (Å²) < 4.78 is 10.7. The van der Waals surface area contributed by atoms with E-state index in [2.05, 4.69) is 42.7 Å². The van der Waals surface area contributed by atoms with Gasteiger partial charge in [0, 0.05) is 31.0 Å². The van der Waals surface area contributed by atoms with Gasteiger partial charge in [-0.15, -0.1) is 0 Å². The van der Waals surface area contributed by atoms with Crippen LogP contribution in [0.5, 0.6) is 0 Å². The predicted molar refractivity (Wildman–Crippen MR) is 76.4 cm³/mol. The average molecular weight is 277 g/mol. The molecule has 0 saturated carbocycles. The molecule has 0 radical (unpaired) electrons. The normalized spacial score (nSPS) is 12.0. The zero-order valence-corrected chi connectivity index (χ0v) is 12.9. The molecule has 0 aliphatic heterocycles. The van der Waals surface area contributed by atoms with Crippen molar-refractivity contribution in [1.29, 1.82) is 0 Å². The maximum absolute atomic E-state index is 5.44. The van der Waals surface area contributed by atoms with Crippen molar-refractivity contribution in [2.45, 2.75) is 52.6 Å². The van der Waals surface area contributed by atoms with Crippen LogP contribution in [0.2, 0.25) is 0 Å². The van der Waals surface area contributed by atoms with Gasteiger partial charge in [0.25, 0.3) is 0 Å². The number of aromatic nitrogens is 2. The van der Waals surface area contributed by atoms with Gasteiger partial charge in [0.15, 0.2) is 5.89 Å². The standard InChI is InChI=1S/C15H23N3O2/c1-10(2)14-6-12(17-20-14)7-18(5)8-13-9-19-15(16-13)11(3)4/h6,9-11H,7-8H2,1-5H3. The van der Waals surface area contributed by atoms with Gasteiger partial charge in [0.2, 0.25) is 0 Å². The first-order valence-electron chi connectivity index (χ1n) is 7.04. The molecule has 2 aromatic rings. The van der Waals surface area contributed by atoms with E-state index in [1.807, 2.05) is 13.1 Å². The van der Waals surface area contributed by atoms with E-state index in [0.29, 0.717) is 11.8 Å². The lowest BCUT2D eigenvalue weighted by atomic mass is 10.1. The van der Waals surface area contributed by atoms with Crippen molar-refractivity contribution < 1.29 is 8.94 Å². The summed E-state index contributed by atoms with van der Waals surface area (Å²) in [6.45, 7) is 9.80. The molecule has 0 aromatic carbocycles. The molecule has 0 N–H and O–H groups in total. The number of hydrogen-bond acceptors (Lipinski definition) is 5. The maximum Gasteiger partial charge on any atom is 0.196 e. The fraction of sp³-hybridized carbons (Fsp3) is 0.600. The molecule has 110 valence electrons. The first kappa shape index (κ1) is 14.8. The topological polar surface area (TPSA) is 55.3 Å². The van der Waals surface area contributed by atoms with Crippen LogP contribution in [0, 0.1) is 0 Å². The van der Waals surface area contributed by atoms with Crippen molar-refractivity contribution in [2.24, 2.45) is 0 Å². The average Bonchev–Trinajstić information content (AvgIpc) is 2.98. The molecule has 0 aliphatic rings. The van der Waals surface area contributed by atoms with Crippen molar-refractivity contribution >= 4 is 0 Å². The molecule has 0 spiro atoms. The molecule has 0 bridgehead atoms. The molecule has 0 unspecified atom stereocenters. The van der Waals surface area contributed by atoms with Crippen molar-refractivity contribution in [1.82, 2.24) is 15.0 Å². The highest BCUT2D eigenvalue weighted by molar-refractivity contribution is 5.08. The highest BCUT2D eigenvalue weighted by Gasteiger charge is 2.12. The van der Waals surface area contributed by atoms with E-state index in [1.165, 1.54) is 0 Å². The largest absolute Gasteiger partial charge is 0.448 e. The first-order valence-corrected chi connectivity index (χ1v) is 7.04. The zero-order valence-electron chi connectivity index (χ0n) is 12.9. The minimum absolute atomic E-state index is 0.318. The van der Waals surface area contributed by atoms with Crippen LogP contribution in [-0.2, 0) is 13.1 Å². The van der Waals surface area contributed by atoms with Gasteiger partial charge in [-0.3, -0.25) is 4.90 Å². The van der Waals surface area contributed by atoms with Gasteiger partial charge in [-0.1, -0.05) is 32.9 Å². The van der Waals surface area contributed by atoms with E-state index in [1.54, 1.807) is 6.26 Å². The van der Waals surface area contributed by atoms with Crippen molar-refractivity contribution in [3.63, 3.8) is 0 Å². The lowest BCUT2D eigenvalue weighted by Gasteiger charge is -2.12. The van der Waals surface area contributed by atoms with E-state index in [9.17, 15) is 0 Å². The summed E-state index contributed by atoms with van der Waals surface area (Å²) in [5.41, 5.74) is 1.90. The third-order valence-electron chi connectivity index (χ3n) is 3.07. The van der Waals surface area contributed by atoms with Crippen LogP contribution >= 0.6 is 0 Å². The molecule has 5 heteroatoms. The molecule has 0 atom stereocenters. The second kappa shape index (κ2) is 6.22. The van der Waals surface area contributed by atoms with E-state index >= 15 is 0 Å². The Morgan fingerprint density at radius 3 is 2.35 bits per heavy atom. The molecular formula is C15H23N3O2. The predicted octanol–water partition coefficient (Wildman–Crippen LogP) is 3.54. The van der Waals surface area contributed by atoms with Crippen LogP contribution in [0.4, 0.5) is 0 Å². The van der Waals surface area contributed by atoms with Gasteiger partial charge in [-0.05, 0) is 7.05 Å². The Morgan fingerprint density at radius 1 is 1.10 bits per heavy atom. The molecule has 0 amide bonds. The van der Waals surface area contributed by atoms with Crippen LogP contribution in [0.15, 0.2) is 21.3 Å². The second-order valence-corrected chi connectivity index (χ2v) is 5.88. The van der Waals surface area contributed by atoms with Gasteiger partial charge >= 0.3 is 0 Å². The van der Waals surface area contributed by atoms with Gasteiger partial charge in [0.1, 0.15) is 12.0 Å². The lowest BCUT2D eigenvalue weighted by molar-refractivity contribution is 0.296. The van der Waals surface area contributed by atoms with Crippen LogP contribution in [-0.4, -0.2) is 22.1 Å². The van der Waals surface area contributed by atoms with Crippen molar-refractivity contribution in [3.8, 4) is 0 Å². The van der Waals surface area contributed by atoms with E-state index in [0.717, 1.165) is 36.1 Å². The SMILES string of the molecule is CC(C)c1cc(CN(C)Cc2coc(C(C)C)n2)no1. The fourth-order valence-corrected chi connectivity index (χ4v) is 1.94. The van der Waals surface area contributed by atoms with Gasteiger partial charge in [-0.2, -0.15) is 0 Å². The quantitative estimate of drug-likeness (QED) is 0.808. The Balaban J connectivity index is 1.92. The van der Waals surface area contributed by atoms with E-state index in [4.69, 9.17) is 8.94 Å². The van der Waals surface area contributed by atoms with Crippen LogP contribution in [0.25, 0.3) is 0 Å². The third kappa shape index (κ3) is 3.70. The van der Waals surface area contributed by atoms with Crippen LogP contribution < -0.4 is 0 Å². The monoisotopic (exact) mass is 277 g/mol. The maximum atomic E-state index is 5.44. The minimum atomic E-state index is 0.318. The smallest absolute Gasteiger partial charge is 0.196 e. The molecular weight excluding hydrogens is 254 g/mol. The molecule has 2 rings (SSSR count). The molecule has 20 heavy (non-hydrogen) atoms. The Hall–Kier alpha value is -1.62. The number of rotatable bonds is 6. The molecule has 0 saturated heterocycles. The van der Waals surface area contributed by atoms with Crippen molar-refractivity contribution in [3.05, 3.63) is 35.4 Å². The molecule has 2 heterocycles. The Kier molecular flexibility index (Phi) is 4.60. The first-order chi connectivity index (χ1) is 9.45. The number of hydrogen-bond donors (Lipinski definition) is 0. The second-order valence-electron chi connectivity index (χ2n) is 5.88. The summed E-state index contributed by atoms with van der Waals surface area (Å²) in [4.78, 5) is 6.62. The molecule has 5 nitrogen and oxygen atoms in total. The summed E-state index contributed by atoms with van der Waals surface area (Å²) in [5, 5.41) is 4.09. The zero-order chi connectivity index (χ0) is 14.7. The summed E-state index contributed by atoms with van der Waals surface area (Å²) in [7, 11) is 2.04. The van der Waals surface area contributed by atoms with Crippen LogP contribution in [0.1, 0.15) is 62.6 Å². The highest BCUT2D eigenvalue weighted by Crippen LogP contribution is 2.17. The summed E-state index contributed by atoms with van der Waals surface area (Å²) in [5.74, 6) is 2.40. The van der Waals surface area contributed by atoms with Crippen LogP contribution in [0.3, 0.4) is 0 Å². The number of nitrogens with zero attached hydrogens (tertiary/aromatic N) is 3.